The maximum atomic E-state index is 12.2. The van der Waals surface area contributed by atoms with Gasteiger partial charge in [0, 0.05) is 4.47 Å². The summed E-state index contributed by atoms with van der Waals surface area (Å²) in [5.74, 6) is -1.40. The molecule has 0 amide bonds. The lowest BCUT2D eigenvalue weighted by molar-refractivity contribution is 0.0469. The third-order valence-electron chi connectivity index (χ3n) is 2.68. The monoisotopic (exact) mass is 367 g/mol. The Morgan fingerprint density at radius 3 is 2.27 bits per heavy atom. The molecule has 0 N–H and O–H groups in total. The fourth-order valence-corrected chi connectivity index (χ4v) is 2.03. The van der Waals surface area contributed by atoms with E-state index in [0.29, 0.717) is 5.69 Å². The van der Waals surface area contributed by atoms with Gasteiger partial charge >= 0.3 is 11.9 Å². The topological polar surface area (TPSA) is 83.3 Å². The van der Waals surface area contributed by atoms with Gasteiger partial charge in [0.1, 0.15) is 0 Å². The van der Waals surface area contributed by atoms with Crippen molar-refractivity contribution in [1.29, 1.82) is 0 Å². The number of carbonyl (C=O) groups excluding carboxylic acids is 2. The van der Waals surface area contributed by atoms with Gasteiger partial charge in [-0.15, -0.1) is 5.10 Å². The summed E-state index contributed by atoms with van der Waals surface area (Å²) in [5.41, 5.74) is 0.361. The highest BCUT2D eigenvalue weighted by Gasteiger charge is 2.28. The second kappa shape index (κ2) is 7.17. The summed E-state index contributed by atoms with van der Waals surface area (Å²) in [7, 11) is 0. The molecule has 2 rings (SSSR count). The lowest BCUT2D eigenvalue weighted by Crippen LogP contribution is -2.17. The van der Waals surface area contributed by atoms with E-state index in [-0.39, 0.29) is 24.6 Å². The summed E-state index contributed by atoms with van der Waals surface area (Å²) >= 11 is 3.33. The third kappa shape index (κ3) is 3.33. The summed E-state index contributed by atoms with van der Waals surface area (Å²) in [6.07, 6.45) is 0. The summed E-state index contributed by atoms with van der Waals surface area (Å²) < 4.78 is 12.0. The molecule has 0 bridgehead atoms. The Bertz CT molecular complexity index is 682. The number of aromatic nitrogens is 3. The molecule has 2 aromatic rings. The van der Waals surface area contributed by atoms with Crippen molar-refractivity contribution in [2.45, 2.75) is 13.8 Å². The van der Waals surface area contributed by atoms with Crippen LogP contribution in [0.3, 0.4) is 0 Å². The number of rotatable bonds is 5. The van der Waals surface area contributed by atoms with Crippen LogP contribution in [0.1, 0.15) is 34.8 Å². The van der Waals surface area contributed by atoms with E-state index in [1.165, 1.54) is 4.68 Å². The lowest BCUT2D eigenvalue weighted by Gasteiger charge is -2.07. The van der Waals surface area contributed by atoms with Gasteiger partial charge in [-0.25, -0.2) is 14.3 Å². The molecular formula is C14H14BrN3O4. The SMILES string of the molecule is CCOC(=O)c1nnn(-c2ccc(Br)cc2)c1C(=O)OCC. The van der Waals surface area contributed by atoms with Gasteiger partial charge in [-0.3, -0.25) is 0 Å². The third-order valence-corrected chi connectivity index (χ3v) is 3.21. The predicted molar refractivity (Wildman–Crippen MR) is 81.0 cm³/mol. The number of carbonyl (C=O) groups is 2. The van der Waals surface area contributed by atoms with Gasteiger partial charge < -0.3 is 9.47 Å². The van der Waals surface area contributed by atoms with E-state index in [9.17, 15) is 9.59 Å². The van der Waals surface area contributed by atoms with E-state index in [2.05, 4.69) is 26.2 Å². The van der Waals surface area contributed by atoms with E-state index in [0.717, 1.165) is 4.47 Å². The number of esters is 2. The summed E-state index contributed by atoms with van der Waals surface area (Å²) in [5, 5.41) is 7.64. The van der Waals surface area contributed by atoms with Crippen LogP contribution in [0.2, 0.25) is 0 Å². The summed E-state index contributed by atoms with van der Waals surface area (Å²) in [6.45, 7) is 3.69. The largest absolute Gasteiger partial charge is 0.461 e. The first kappa shape index (κ1) is 16.2. The Kier molecular flexibility index (Phi) is 5.26. The van der Waals surface area contributed by atoms with Gasteiger partial charge in [0.15, 0.2) is 5.69 Å². The second-order valence-corrected chi connectivity index (χ2v) is 5.03. The molecule has 0 aliphatic rings. The number of benzene rings is 1. The van der Waals surface area contributed by atoms with Crippen LogP contribution in [0.15, 0.2) is 28.7 Å². The van der Waals surface area contributed by atoms with E-state index < -0.39 is 11.9 Å². The molecule has 0 saturated carbocycles. The number of ether oxygens (including phenoxy) is 2. The number of nitrogens with zero attached hydrogens (tertiary/aromatic N) is 3. The van der Waals surface area contributed by atoms with Gasteiger partial charge in [-0.1, -0.05) is 21.1 Å². The molecule has 0 spiro atoms. The Balaban J connectivity index is 2.52. The molecule has 0 radical (unpaired) electrons. The van der Waals surface area contributed by atoms with Crippen molar-refractivity contribution >= 4 is 27.9 Å². The maximum Gasteiger partial charge on any atom is 0.361 e. The van der Waals surface area contributed by atoms with Crippen molar-refractivity contribution in [3.8, 4) is 5.69 Å². The fraction of sp³-hybridized carbons (Fsp3) is 0.286. The first-order chi connectivity index (χ1) is 10.6. The first-order valence-electron chi connectivity index (χ1n) is 6.64. The highest BCUT2D eigenvalue weighted by molar-refractivity contribution is 9.10. The normalized spacial score (nSPS) is 10.3. The van der Waals surface area contributed by atoms with Gasteiger partial charge in [-0.2, -0.15) is 0 Å². The lowest BCUT2D eigenvalue weighted by atomic mass is 10.2. The average molecular weight is 368 g/mol. The summed E-state index contributed by atoms with van der Waals surface area (Å²) in [6, 6.07) is 7.04. The molecule has 1 heterocycles. The zero-order valence-electron chi connectivity index (χ0n) is 12.1. The minimum atomic E-state index is -0.714. The molecule has 1 aromatic heterocycles. The zero-order chi connectivity index (χ0) is 16.1. The van der Waals surface area contributed by atoms with Gasteiger partial charge in [0.05, 0.1) is 18.9 Å². The van der Waals surface area contributed by atoms with E-state index in [4.69, 9.17) is 9.47 Å². The van der Waals surface area contributed by atoms with Gasteiger partial charge in [-0.05, 0) is 38.1 Å². The molecule has 0 aliphatic heterocycles. The maximum absolute atomic E-state index is 12.2. The average Bonchev–Trinajstić information content (AvgIpc) is 2.93. The molecule has 8 heteroatoms. The Hall–Kier alpha value is -2.22. The minimum Gasteiger partial charge on any atom is -0.461 e. The molecular weight excluding hydrogens is 354 g/mol. The van der Waals surface area contributed by atoms with Crippen LogP contribution in [0.25, 0.3) is 5.69 Å². The molecule has 0 aliphatic carbocycles. The molecule has 22 heavy (non-hydrogen) atoms. The van der Waals surface area contributed by atoms with Crippen LogP contribution < -0.4 is 0 Å². The predicted octanol–water partition coefficient (Wildman–Crippen LogP) is 2.38. The molecule has 0 atom stereocenters. The molecule has 0 unspecified atom stereocenters. The fourth-order valence-electron chi connectivity index (χ4n) is 1.76. The van der Waals surface area contributed by atoms with E-state index in [1.54, 1.807) is 38.1 Å². The van der Waals surface area contributed by atoms with Gasteiger partial charge in [0.2, 0.25) is 5.69 Å². The highest BCUT2D eigenvalue weighted by atomic mass is 79.9. The first-order valence-corrected chi connectivity index (χ1v) is 7.43. The molecule has 116 valence electrons. The van der Waals surface area contributed by atoms with Crippen LogP contribution in [0, 0.1) is 0 Å². The zero-order valence-corrected chi connectivity index (χ0v) is 13.7. The van der Waals surface area contributed by atoms with Crippen molar-refractivity contribution in [3.63, 3.8) is 0 Å². The number of hydrogen-bond acceptors (Lipinski definition) is 6. The standard InChI is InChI=1S/C14H14BrN3O4/c1-3-21-13(19)11-12(14(20)22-4-2)18(17-16-11)10-7-5-9(15)6-8-10/h5-8H,3-4H2,1-2H3. The van der Waals surface area contributed by atoms with Gasteiger partial charge in [0.25, 0.3) is 0 Å². The van der Waals surface area contributed by atoms with Crippen molar-refractivity contribution in [3.05, 3.63) is 40.1 Å². The molecule has 0 saturated heterocycles. The van der Waals surface area contributed by atoms with Crippen LogP contribution in [-0.2, 0) is 9.47 Å². The van der Waals surface area contributed by atoms with Crippen LogP contribution in [0.5, 0.6) is 0 Å². The van der Waals surface area contributed by atoms with Crippen LogP contribution in [-0.4, -0.2) is 40.1 Å². The van der Waals surface area contributed by atoms with Crippen molar-refractivity contribution in [2.24, 2.45) is 0 Å². The van der Waals surface area contributed by atoms with E-state index in [1.807, 2.05) is 0 Å². The Morgan fingerprint density at radius 1 is 1.09 bits per heavy atom. The van der Waals surface area contributed by atoms with Crippen molar-refractivity contribution in [1.82, 2.24) is 15.0 Å². The highest BCUT2D eigenvalue weighted by Crippen LogP contribution is 2.18. The van der Waals surface area contributed by atoms with Crippen molar-refractivity contribution in [2.75, 3.05) is 13.2 Å². The quantitative estimate of drug-likeness (QED) is 0.754. The molecule has 7 nitrogen and oxygen atoms in total. The van der Waals surface area contributed by atoms with Crippen molar-refractivity contribution < 1.29 is 19.1 Å². The smallest absolute Gasteiger partial charge is 0.361 e. The Labute approximate surface area is 135 Å². The van der Waals surface area contributed by atoms with E-state index >= 15 is 0 Å². The Morgan fingerprint density at radius 2 is 1.68 bits per heavy atom. The molecule has 1 aromatic carbocycles. The minimum absolute atomic E-state index is 0.0531. The second-order valence-electron chi connectivity index (χ2n) is 4.12. The van der Waals surface area contributed by atoms with Crippen LogP contribution >= 0.6 is 15.9 Å². The number of hydrogen-bond donors (Lipinski definition) is 0. The van der Waals surface area contributed by atoms with Crippen LogP contribution in [0.4, 0.5) is 0 Å². The molecule has 0 fully saturated rings. The number of halogens is 1. The summed E-state index contributed by atoms with van der Waals surface area (Å²) in [4.78, 5) is 24.1.